The van der Waals surface area contributed by atoms with Crippen LogP contribution < -0.4 is 5.32 Å². The molecule has 1 saturated heterocycles. The Morgan fingerprint density at radius 1 is 0.510 bits per heavy atom. The van der Waals surface area contributed by atoms with Crippen LogP contribution in [0.4, 0.5) is 0 Å². The monoisotopic (exact) mass is 730 g/mol. The van der Waals surface area contributed by atoms with Crippen LogP contribution in [0.15, 0.2) is 0 Å². The number of unbranched alkanes of at least 4 members (excludes halogenated alkanes) is 24. The summed E-state index contributed by atoms with van der Waals surface area (Å²) in [7, 11) is 3.96. The van der Waals surface area contributed by atoms with E-state index in [1.165, 1.54) is 179 Å². The van der Waals surface area contributed by atoms with Gasteiger partial charge in [-0.1, -0.05) is 202 Å². The van der Waals surface area contributed by atoms with Gasteiger partial charge in [0.25, 0.3) is 0 Å². The third kappa shape index (κ3) is 34.0. The second-order valence-corrected chi connectivity index (χ2v) is 18.1. The predicted octanol–water partition coefficient (Wildman–Crippen LogP) is 11.3. The molecule has 2 atom stereocenters. The molecule has 1 aliphatic heterocycles. The highest BCUT2D eigenvalue weighted by Crippen LogP contribution is 2.22. The van der Waals surface area contributed by atoms with Gasteiger partial charge in [-0.25, -0.2) is 0 Å². The van der Waals surface area contributed by atoms with Crippen LogP contribution in [0.1, 0.15) is 194 Å². The number of hydrogen-bond donors (Lipinski definition) is 3. The first-order chi connectivity index (χ1) is 24.2. The van der Waals surface area contributed by atoms with E-state index in [0.717, 1.165) is 51.1 Å². The lowest BCUT2D eigenvalue weighted by Crippen LogP contribution is -2.44. The van der Waals surface area contributed by atoms with Gasteiger partial charge < -0.3 is 15.5 Å². The lowest BCUT2D eigenvalue weighted by Gasteiger charge is -2.28. The van der Waals surface area contributed by atoms with Gasteiger partial charge in [0.05, 0.1) is 12.2 Å². The molecule has 0 aliphatic carbocycles. The fourth-order valence-electron chi connectivity index (χ4n) is 7.22. The summed E-state index contributed by atoms with van der Waals surface area (Å²) in [4.78, 5) is 4.93. The number of hydrogen-bond acceptors (Lipinski definition) is 7. The Balaban J connectivity index is 2.19. The van der Waals surface area contributed by atoms with Crippen molar-refractivity contribution in [2.45, 2.75) is 206 Å². The highest BCUT2D eigenvalue weighted by molar-refractivity contribution is 8.76. The molecular formula is C42H87N3O2S2. The molecule has 0 spiro atoms. The van der Waals surface area contributed by atoms with Crippen molar-refractivity contribution in [2.24, 2.45) is 0 Å². The Labute approximate surface area is 315 Å². The molecule has 294 valence electrons. The summed E-state index contributed by atoms with van der Waals surface area (Å²) in [5, 5.41) is 25.3. The van der Waals surface area contributed by atoms with E-state index >= 15 is 0 Å². The number of nitrogens with zero attached hydrogens (tertiary/aromatic N) is 2. The second-order valence-electron chi connectivity index (χ2n) is 15.4. The minimum absolute atomic E-state index is 0.276. The average Bonchev–Trinajstić information content (AvgIpc) is 3.10. The van der Waals surface area contributed by atoms with Crippen LogP contribution in [0.3, 0.4) is 0 Å². The van der Waals surface area contributed by atoms with Gasteiger partial charge in [-0.3, -0.25) is 9.80 Å². The molecule has 1 fully saturated rings. The fourth-order valence-corrected chi connectivity index (χ4v) is 9.27. The van der Waals surface area contributed by atoms with Crippen LogP contribution in [0.5, 0.6) is 0 Å². The van der Waals surface area contributed by atoms with E-state index in [9.17, 15) is 10.2 Å². The molecule has 7 heteroatoms. The first-order valence-electron chi connectivity index (χ1n) is 21.9. The van der Waals surface area contributed by atoms with E-state index in [1.54, 1.807) is 0 Å². The van der Waals surface area contributed by atoms with Crippen LogP contribution in [0, 0.1) is 0 Å². The van der Waals surface area contributed by atoms with Crippen molar-refractivity contribution in [2.75, 3.05) is 63.9 Å². The maximum atomic E-state index is 10.9. The van der Waals surface area contributed by atoms with E-state index in [-0.39, 0.29) is 12.2 Å². The van der Waals surface area contributed by atoms with E-state index in [2.05, 4.69) is 29.0 Å². The van der Waals surface area contributed by atoms with Crippen molar-refractivity contribution in [1.29, 1.82) is 0 Å². The van der Waals surface area contributed by atoms with Gasteiger partial charge in [-0.2, -0.15) is 0 Å². The molecule has 1 rings (SSSR count). The van der Waals surface area contributed by atoms with E-state index in [1.807, 2.05) is 21.6 Å². The molecule has 0 radical (unpaired) electrons. The van der Waals surface area contributed by atoms with E-state index in [4.69, 9.17) is 0 Å². The first-order valence-corrected chi connectivity index (χ1v) is 24.4. The predicted molar refractivity (Wildman–Crippen MR) is 223 cm³/mol. The normalized spacial score (nSPS) is 15.4. The Morgan fingerprint density at radius 3 is 1.24 bits per heavy atom. The summed E-state index contributed by atoms with van der Waals surface area (Å²) in [6.07, 6.45) is 36.6. The first kappa shape index (κ1) is 47.5. The van der Waals surface area contributed by atoms with Crippen molar-refractivity contribution in [3.8, 4) is 0 Å². The molecule has 0 amide bonds. The van der Waals surface area contributed by atoms with Crippen LogP contribution >= 0.6 is 21.6 Å². The zero-order chi connectivity index (χ0) is 35.3. The van der Waals surface area contributed by atoms with Gasteiger partial charge >= 0.3 is 0 Å². The van der Waals surface area contributed by atoms with Gasteiger partial charge in [0.15, 0.2) is 0 Å². The zero-order valence-corrected chi connectivity index (χ0v) is 34.8. The van der Waals surface area contributed by atoms with E-state index in [0.29, 0.717) is 13.1 Å². The summed E-state index contributed by atoms with van der Waals surface area (Å²) in [5.74, 6) is 2.23. The van der Waals surface area contributed by atoms with Crippen LogP contribution in [0.25, 0.3) is 0 Å². The van der Waals surface area contributed by atoms with Gasteiger partial charge in [0.2, 0.25) is 0 Å². The molecule has 2 unspecified atom stereocenters. The summed E-state index contributed by atoms with van der Waals surface area (Å²) < 4.78 is 0. The maximum Gasteiger partial charge on any atom is 0.0667 e. The Kier molecular flexibility index (Phi) is 37.1. The van der Waals surface area contributed by atoms with Crippen molar-refractivity contribution in [1.82, 2.24) is 15.1 Å². The molecule has 1 heterocycles. The van der Waals surface area contributed by atoms with Crippen LogP contribution in [0.2, 0.25) is 0 Å². The topological polar surface area (TPSA) is 59.0 Å². The fraction of sp³-hybridized carbons (Fsp3) is 1.00. The minimum Gasteiger partial charge on any atom is -0.392 e. The van der Waals surface area contributed by atoms with Crippen molar-refractivity contribution in [3.63, 3.8) is 0 Å². The SMILES string of the molecule is CCCCCCCCCCCCCCCC(O)CN(CCSSCCN1CCNCC1)CC(O)CCCCCCCCCCCCCCC. The molecular weight excluding hydrogens is 643 g/mol. The van der Waals surface area contributed by atoms with Gasteiger partial charge in [-0.15, -0.1) is 0 Å². The third-order valence-corrected chi connectivity index (χ3v) is 12.9. The third-order valence-electron chi connectivity index (χ3n) is 10.5. The summed E-state index contributed by atoms with van der Waals surface area (Å²) in [6, 6.07) is 0. The van der Waals surface area contributed by atoms with Gasteiger partial charge in [0, 0.05) is 63.9 Å². The summed E-state index contributed by atoms with van der Waals surface area (Å²) in [6.45, 7) is 12.7. The minimum atomic E-state index is -0.276. The number of aliphatic hydroxyl groups excluding tert-OH is 2. The molecule has 49 heavy (non-hydrogen) atoms. The lowest BCUT2D eigenvalue weighted by molar-refractivity contribution is 0.0639. The quantitative estimate of drug-likeness (QED) is 0.0430. The number of aliphatic hydroxyl groups is 2. The van der Waals surface area contributed by atoms with Gasteiger partial charge in [-0.05, 0) is 12.8 Å². The second kappa shape index (κ2) is 38.2. The molecule has 0 bridgehead atoms. The van der Waals surface area contributed by atoms with E-state index < -0.39 is 0 Å². The van der Waals surface area contributed by atoms with Crippen molar-refractivity contribution in [3.05, 3.63) is 0 Å². The highest BCUT2D eigenvalue weighted by atomic mass is 33.1. The highest BCUT2D eigenvalue weighted by Gasteiger charge is 2.16. The number of nitrogens with one attached hydrogen (secondary N) is 1. The standard InChI is InChI=1S/C42H87N3O2S2/c1-3-5-7-9-11-13-15-17-19-21-23-25-27-29-41(46)39-45(36-38-49-48-37-35-44-33-31-43-32-34-44)40-42(47)30-28-26-24-22-20-18-16-14-12-10-8-6-4-2/h41-43,46-47H,3-40H2,1-2H3. The lowest BCUT2D eigenvalue weighted by atomic mass is 10.0. The largest absolute Gasteiger partial charge is 0.392 e. The van der Waals surface area contributed by atoms with Crippen molar-refractivity contribution < 1.29 is 10.2 Å². The Hall–Kier alpha value is 0.500. The smallest absolute Gasteiger partial charge is 0.0667 e. The molecule has 0 aromatic heterocycles. The maximum absolute atomic E-state index is 10.9. The molecule has 0 saturated carbocycles. The summed E-state index contributed by atoms with van der Waals surface area (Å²) in [5.41, 5.74) is 0. The molecule has 1 aliphatic rings. The van der Waals surface area contributed by atoms with Crippen LogP contribution in [-0.2, 0) is 0 Å². The molecule has 5 nitrogen and oxygen atoms in total. The van der Waals surface area contributed by atoms with Gasteiger partial charge in [0.1, 0.15) is 0 Å². The number of piperazine rings is 1. The van der Waals surface area contributed by atoms with Crippen LogP contribution in [-0.4, -0.2) is 96.1 Å². The molecule has 0 aromatic carbocycles. The van der Waals surface area contributed by atoms with Crippen molar-refractivity contribution >= 4 is 21.6 Å². The summed E-state index contributed by atoms with van der Waals surface area (Å²) >= 11 is 0. The Morgan fingerprint density at radius 2 is 0.857 bits per heavy atom. The molecule has 0 aromatic rings. The average molecular weight is 730 g/mol. The molecule has 3 N–H and O–H groups in total. The number of rotatable bonds is 39. The zero-order valence-electron chi connectivity index (χ0n) is 33.1. The Bertz CT molecular complexity index is 603.